The van der Waals surface area contributed by atoms with Crippen LogP contribution < -0.4 is 15.1 Å². The van der Waals surface area contributed by atoms with Crippen molar-refractivity contribution in [2.24, 2.45) is 0 Å². The number of nitrogens with zero attached hydrogens (tertiary/aromatic N) is 1. The minimum atomic E-state index is -0.732. The average molecular weight is 477 g/mol. The molecule has 1 aliphatic rings. The number of fused-ring (bicyclic) bond motifs is 2. The number of amides is 2. The van der Waals surface area contributed by atoms with Gasteiger partial charge in [-0.15, -0.1) is 5.06 Å². The standard InChI is InChI=1S/C25H19NO9/c27-19-6-7-20(28)26(19)35-22(30)10-12-31-18-4-1-15(2-5-18)14-33-25-23-17(9-11-32-23)13-16-3-8-21(29)34-24(16)25/h1-5,8-9,11,13H,6-7,10,12,14H2. The molecule has 0 radical (unpaired) electrons. The van der Waals surface area contributed by atoms with Crippen molar-refractivity contribution in [2.45, 2.75) is 25.9 Å². The van der Waals surface area contributed by atoms with Crippen molar-refractivity contribution in [2.75, 3.05) is 6.61 Å². The highest BCUT2D eigenvalue weighted by Gasteiger charge is 2.32. The van der Waals surface area contributed by atoms with Crippen LogP contribution in [0.2, 0.25) is 0 Å². The van der Waals surface area contributed by atoms with E-state index in [0.29, 0.717) is 33.1 Å². The highest BCUT2D eigenvalue weighted by Crippen LogP contribution is 2.35. The topological polar surface area (TPSA) is 125 Å². The molecule has 10 heteroatoms. The Balaban J connectivity index is 1.18. The molecule has 2 amide bonds. The van der Waals surface area contributed by atoms with Gasteiger partial charge in [0.25, 0.3) is 11.8 Å². The zero-order chi connectivity index (χ0) is 24.4. The van der Waals surface area contributed by atoms with E-state index in [4.69, 9.17) is 23.1 Å². The molecule has 5 rings (SSSR count). The Kier molecular flexibility index (Phi) is 5.92. The van der Waals surface area contributed by atoms with E-state index in [0.717, 1.165) is 10.9 Å². The molecule has 2 aromatic heterocycles. The largest absolute Gasteiger partial charge is 0.493 e. The molecule has 1 saturated heterocycles. The van der Waals surface area contributed by atoms with Crippen LogP contribution in [-0.4, -0.2) is 29.5 Å². The lowest BCUT2D eigenvalue weighted by Crippen LogP contribution is -2.32. The first-order chi connectivity index (χ1) is 17.0. The van der Waals surface area contributed by atoms with Gasteiger partial charge in [0.15, 0.2) is 11.2 Å². The molecule has 10 nitrogen and oxygen atoms in total. The third-order valence-electron chi connectivity index (χ3n) is 5.36. The molecule has 0 aliphatic carbocycles. The molecule has 1 fully saturated rings. The van der Waals surface area contributed by atoms with Crippen LogP contribution in [0.15, 0.2) is 68.4 Å². The Bertz CT molecular complexity index is 1470. The Morgan fingerprint density at radius 3 is 2.40 bits per heavy atom. The van der Waals surface area contributed by atoms with Gasteiger partial charge in [-0.1, -0.05) is 12.1 Å². The van der Waals surface area contributed by atoms with Crippen LogP contribution in [0, 0.1) is 0 Å². The van der Waals surface area contributed by atoms with Gasteiger partial charge < -0.3 is 23.1 Å². The van der Waals surface area contributed by atoms with Crippen molar-refractivity contribution in [3.63, 3.8) is 0 Å². The number of hydrogen-bond acceptors (Lipinski definition) is 9. The predicted molar refractivity (Wildman–Crippen MR) is 120 cm³/mol. The maximum absolute atomic E-state index is 11.8. The summed E-state index contributed by atoms with van der Waals surface area (Å²) in [5.74, 6) is -0.931. The van der Waals surface area contributed by atoms with E-state index >= 15 is 0 Å². The van der Waals surface area contributed by atoms with E-state index in [9.17, 15) is 19.2 Å². The summed E-state index contributed by atoms with van der Waals surface area (Å²) in [7, 11) is 0. The SMILES string of the molecule is O=C(CCOc1ccc(COc2c3occc3cc3ccc(=O)oc23)cc1)ON1C(=O)CCC1=O. The van der Waals surface area contributed by atoms with E-state index in [1.54, 1.807) is 36.4 Å². The highest BCUT2D eigenvalue weighted by atomic mass is 16.7. The predicted octanol–water partition coefficient (Wildman–Crippen LogP) is 3.49. The van der Waals surface area contributed by atoms with Gasteiger partial charge >= 0.3 is 11.6 Å². The molecule has 1 aliphatic heterocycles. The van der Waals surface area contributed by atoms with Crippen molar-refractivity contribution in [1.82, 2.24) is 5.06 Å². The fourth-order valence-corrected chi connectivity index (χ4v) is 3.63. The molecule has 0 spiro atoms. The first-order valence-electron chi connectivity index (χ1n) is 10.8. The maximum atomic E-state index is 11.8. The van der Waals surface area contributed by atoms with Crippen molar-refractivity contribution < 1.29 is 37.5 Å². The first-order valence-corrected chi connectivity index (χ1v) is 10.8. The summed E-state index contributed by atoms with van der Waals surface area (Å²) in [5.41, 5.74) is 1.12. The van der Waals surface area contributed by atoms with E-state index in [2.05, 4.69) is 0 Å². The summed E-state index contributed by atoms with van der Waals surface area (Å²) in [4.78, 5) is 51.3. The summed E-state index contributed by atoms with van der Waals surface area (Å²) < 4.78 is 22.4. The Morgan fingerprint density at radius 2 is 1.63 bits per heavy atom. The minimum absolute atomic E-state index is 0.0103. The Morgan fingerprint density at radius 1 is 0.886 bits per heavy atom. The molecular weight excluding hydrogens is 458 g/mol. The molecule has 4 aromatic rings. The minimum Gasteiger partial charge on any atom is -0.493 e. The van der Waals surface area contributed by atoms with Gasteiger partial charge in [-0.3, -0.25) is 9.59 Å². The number of carbonyl (C=O) groups excluding carboxylic acids is 3. The van der Waals surface area contributed by atoms with Gasteiger partial charge in [-0.2, -0.15) is 0 Å². The number of hydrogen-bond donors (Lipinski definition) is 0. The maximum Gasteiger partial charge on any atom is 0.336 e. The number of furan rings is 1. The fraction of sp³-hybridized carbons (Fsp3) is 0.200. The monoisotopic (exact) mass is 477 g/mol. The van der Waals surface area contributed by atoms with E-state index < -0.39 is 23.4 Å². The summed E-state index contributed by atoms with van der Waals surface area (Å²) in [6, 6.07) is 13.7. The summed E-state index contributed by atoms with van der Waals surface area (Å²) in [5, 5.41) is 2.05. The zero-order valence-corrected chi connectivity index (χ0v) is 18.4. The fourth-order valence-electron chi connectivity index (χ4n) is 3.63. The lowest BCUT2D eigenvalue weighted by molar-refractivity contribution is -0.197. The Hall–Kier alpha value is -4.60. The summed E-state index contributed by atoms with van der Waals surface area (Å²) in [6.07, 6.45) is 1.49. The van der Waals surface area contributed by atoms with Gasteiger partial charge in [0.1, 0.15) is 12.4 Å². The lowest BCUT2D eigenvalue weighted by atomic mass is 10.1. The number of hydroxylamine groups is 2. The van der Waals surface area contributed by atoms with Crippen molar-refractivity contribution in [3.8, 4) is 11.5 Å². The van der Waals surface area contributed by atoms with Crippen molar-refractivity contribution in [1.29, 1.82) is 0 Å². The van der Waals surface area contributed by atoms with E-state index in [1.165, 1.54) is 12.3 Å². The molecule has 2 aromatic carbocycles. The zero-order valence-electron chi connectivity index (χ0n) is 18.4. The second kappa shape index (κ2) is 9.34. The van der Waals surface area contributed by atoms with Crippen LogP contribution in [0.3, 0.4) is 0 Å². The second-order valence-corrected chi connectivity index (χ2v) is 7.79. The second-order valence-electron chi connectivity index (χ2n) is 7.79. The molecule has 35 heavy (non-hydrogen) atoms. The molecule has 0 N–H and O–H groups in total. The summed E-state index contributed by atoms with van der Waals surface area (Å²) in [6.45, 7) is 0.189. The van der Waals surface area contributed by atoms with Crippen LogP contribution in [0.1, 0.15) is 24.8 Å². The van der Waals surface area contributed by atoms with Crippen LogP contribution in [0.4, 0.5) is 0 Å². The number of rotatable bonds is 8. The quantitative estimate of drug-likeness (QED) is 0.277. The molecular formula is C25H19NO9. The highest BCUT2D eigenvalue weighted by molar-refractivity contribution is 6.01. The van der Waals surface area contributed by atoms with Gasteiger partial charge in [-0.05, 0) is 35.9 Å². The van der Waals surface area contributed by atoms with E-state index in [1.807, 2.05) is 6.07 Å². The molecule has 0 unspecified atom stereocenters. The third kappa shape index (κ3) is 4.72. The van der Waals surface area contributed by atoms with Gasteiger partial charge in [-0.25, -0.2) is 9.59 Å². The molecule has 178 valence electrons. The first kappa shape index (κ1) is 22.2. The van der Waals surface area contributed by atoms with Crippen LogP contribution in [-0.2, 0) is 25.8 Å². The molecule has 3 heterocycles. The lowest BCUT2D eigenvalue weighted by Gasteiger charge is -2.13. The third-order valence-corrected chi connectivity index (χ3v) is 5.36. The number of carbonyl (C=O) groups is 3. The van der Waals surface area contributed by atoms with Gasteiger partial charge in [0, 0.05) is 29.7 Å². The Labute approximate surface area is 197 Å². The van der Waals surface area contributed by atoms with Crippen molar-refractivity contribution in [3.05, 3.63) is 70.8 Å². The van der Waals surface area contributed by atoms with Crippen molar-refractivity contribution >= 4 is 39.7 Å². The van der Waals surface area contributed by atoms with Crippen LogP contribution in [0.5, 0.6) is 11.5 Å². The van der Waals surface area contributed by atoms with Crippen LogP contribution in [0.25, 0.3) is 21.9 Å². The molecule has 0 bridgehead atoms. The summed E-state index contributed by atoms with van der Waals surface area (Å²) >= 11 is 0. The molecule has 0 atom stereocenters. The van der Waals surface area contributed by atoms with E-state index in [-0.39, 0.29) is 32.5 Å². The van der Waals surface area contributed by atoms with Gasteiger partial charge in [0.05, 0.1) is 19.3 Å². The number of ether oxygens (including phenoxy) is 2. The smallest absolute Gasteiger partial charge is 0.336 e. The molecule has 0 saturated carbocycles. The number of benzene rings is 2. The number of imide groups is 1. The van der Waals surface area contributed by atoms with Gasteiger partial charge in [0.2, 0.25) is 5.75 Å². The average Bonchev–Trinajstić information content (AvgIpc) is 3.44. The van der Waals surface area contributed by atoms with Crippen LogP contribution >= 0.6 is 0 Å². The normalized spacial score (nSPS) is 13.5.